The van der Waals surface area contributed by atoms with E-state index >= 15 is 0 Å². The van der Waals surface area contributed by atoms with Crippen molar-refractivity contribution in [2.24, 2.45) is 0 Å². The summed E-state index contributed by atoms with van der Waals surface area (Å²) in [5.41, 5.74) is -1.48. The van der Waals surface area contributed by atoms with Crippen LogP contribution in [0.4, 0.5) is 0 Å². The molecule has 0 amide bonds. The van der Waals surface area contributed by atoms with Crippen LogP contribution in [0.15, 0.2) is 24.8 Å². The maximum absolute atomic E-state index is 10.9. The van der Waals surface area contributed by atoms with E-state index in [0.717, 1.165) is 0 Å². The van der Waals surface area contributed by atoms with Crippen molar-refractivity contribution in [3.63, 3.8) is 0 Å². The zero-order chi connectivity index (χ0) is 12.8. The maximum atomic E-state index is 10.9. The molecular formula is C12H20O4. The molecule has 0 saturated heterocycles. The molecule has 1 atom stereocenters. The van der Waals surface area contributed by atoms with Crippen molar-refractivity contribution in [2.45, 2.75) is 45.3 Å². The molecule has 0 fully saturated rings. The highest BCUT2D eigenvalue weighted by atomic mass is 17.1. The molecule has 0 aliphatic heterocycles. The van der Waals surface area contributed by atoms with Crippen molar-refractivity contribution >= 4 is 5.97 Å². The largest absolute Gasteiger partial charge is 0.455 e. The number of rotatable bonds is 6. The topological polar surface area (TPSA) is 55.8 Å². The van der Waals surface area contributed by atoms with Gasteiger partial charge in [-0.05, 0) is 26.8 Å². The van der Waals surface area contributed by atoms with Crippen LogP contribution in [0, 0.1) is 0 Å². The molecule has 1 unspecified atom stereocenters. The standard InChI is InChI=1S/C12H20O4/c1-6-12(5,15-10(2)13)9-7-8-11(3,4)16-14/h6-8,14H,1,9H2,2-5H3/b8-7+. The SMILES string of the molecule is C=CC(C)(C/C=C/C(C)(C)OO)OC(C)=O. The Labute approximate surface area is 96.5 Å². The number of carbonyl (C=O) groups excluding carboxylic acids is 1. The van der Waals surface area contributed by atoms with Gasteiger partial charge in [-0.3, -0.25) is 10.1 Å². The van der Waals surface area contributed by atoms with Crippen LogP contribution < -0.4 is 0 Å². The van der Waals surface area contributed by atoms with Crippen LogP contribution in [0.25, 0.3) is 0 Å². The molecule has 0 radical (unpaired) electrons. The van der Waals surface area contributed by atoms with Gasteiger partial charge in [0.05, 0.1) is 0 Å². The summed E-state index contributed by atoms with van der Waals surface area (Å²) in [5, 5.41) is 8.57. The van der Waals surface area contributed by atoms with Gasteiger partial charge in [0.25, 0.3) is 0 Å². The molecule has 4 nitrogen and oxygen atoms in total. The average molecular weight is 228 g/mol. The first-order valence-electron chi connectivity index (χ1n) is 5.08. The van der Waals surface area contributed by atoms with E-state index in [1.807, 2.05) is 0 Å². The van der Waals surface area contributed by atoms with Gasteiger partial charge in [0.1, 0.15) is 11.2 Å². The highest BCUT2D eigenvalue weighted by Crippen LogP contribution is 2.19. The fourth-order valence-corrected chi connectivity index (χ4v) is 1.10. The van der Waals surface area contributed by atoms with Gasteiger partial charge in [-0.25, -0.2) is 4.89 Å². The molecular weight excluding hydrogens is 208 g/mol. The van der Waals surface area contributed by atoms with E-state index in [0.29, 0.717) is 6.42 Å². The Morgan fingerprint density at radius 3 is 2.38 bits per heavy atom. The molecule has 4 heteroatoms. The first-order chi connectivity index (χ1) is 7.24. The molecule has 0 aromatic heterocycles. The molecule has 16 heavy (non-hydrogen) atoms. The average Bonchev–Trinajstić information content (AvgIpc) is 2.16. The number of hydrogen-bond donors (Lipinski definition) is 1. The fourth-order valence-electron chi connectivity index (χ4n) is 1.10. The Balaban J connectivity index is 4.45. The lowest BCUT2D eigenvalue weighted by Crippen LogP contribution is -2.28. The van der Waals surface area contributed by atoms with E-state index in [4.69, 9.17) is 9.99 Å². The summed E-state index contributed by atoms with van der Waals surface area (Å²) in [4.78, 5) is 15.1. The Bertz CT molecular complexity index is 281. The summed E-state index contributed by atoms with van der Waals surface area (Å²) in [6, 6.07) is 0. The first kappa shape index (κ1) is 14.9. The number of hydrogen-bond acceptors (Lipinski definition) is 4. The van der Waals surface area contributed by atoms with Gasteiger partial charge >= 0.3 is 5.97 Å². The summed E-state index contributed by atoms with van der Waals surface area (Å²) in [6.07, 6.45) is 5.52. The van der Waals surface area contributed by atoms with E-state index in [2.05, 4.69) is 11.5 Å². The Kier molecular flexibility index (Phi) is 5.41. The molecule has 0 heterocycles. The summed E-state index contributed by atoms with van der Waals surface area (Å²) in [7, 11) is 0. The second-order valence-electron chi connectivity index (χ2n) is 4.41. The molecule has 1 N–H and O–H groups in total. The van der Waals surface area contributed by atoms with Crippen LogP contribution in [0.5, 0.6) is 0 Å². The maximum Gasteiger partial charge on any atom is 0.303 e. The first-order valence-corrected chi connectivity index (χ1v) is 5.08. The van der Waals surface area contributed by atoms with Crippen LogP contribution in [0.3, 0.4) is 0 Å². The van der Waals surface area contributed by atoms with Gasteiger partial charge in [0, 0.05) is 13.3 Å². The van der Waals surface area contributed by atoms with Gasteiger partial charge in [-0.15, -0.1) is 0 Å². The Hall–Kier alpha value is -1.13. The normalized spacial score (nSPS) is 15.8. The van der Waals surface area contributed by atoms with Crippen LogP contribution >= 0.6 is 0 Å². The fraction of sp³-hybridized carbons (Fsp3) is 0.583. The van der Waals surface area contributed by atoms with Gasteiger partial charge < -0.3 is 4.74 Å². The summed E-state index contributed by atoms with van der Waals surface area (Å²) < 4.78 is 5.12. The molecule has 0 aromatic carbocycles. The van der Waals surface area contributed by atoms with E-state index in [9.17, 15) is 4.79 Å². The van der Waals surface area contributed by atoms with Gasteiger partial charge in [-0.2, -0.15) is 0 Å². The van der Waals surface area contributed by atoms with E-state index in [1.165, 1.54) is 6.92 Å². The monoisotopic (exact) mass is 228 g/mol. The zero-order valence-corrected chi connectivity index (χ0v) is 10.3. The van der Waals surface area contributed by atoms with Crippen molar-refractivity contribution in [1.29, 1.82) is 0 Å². The summed E-state index contributed by atoms with van der Waals surface area (Å²) >= 11 is 0. The van der Waals surface area contributed by atoms with Crippen LogP contribution in [0.2, 0.25) is 0 Å². The molecule has 0 aromatic rings. The number of ether oxygens (including phenoxy) is 1. The highest BCUT2D eigenvalue weighted by molar-refractivity contribution is 5.66. The van der Waals surface area contributed by atoms with E-state index < -0.39 is 11.2 Å². The van der Waals surface area contributed by atoms with Gasteiger partial charge in [0.2, 0.25) is 0 Å². The quantitative estimate of drug-likeness (QED) is 0.329. The van der Waals surface area contributed by atoms with Gasteiger partial charge in [-0.1, -0.05) is 18.7 Å². The minimum absolute atomic E-state index is 0.353. The summed E-state index contributed by atoms with van der Waals surface area (Å²) in [6.45, 7) is 10.2. The highest BCUT2D eigenvalue weighted by Gasteiger charge is 2.22. The molecule has 0 spiro atoms. The molecule has 92 valence electrons. The van der Waals surface area contributed by atoms with Crippen LogP contribution in [0.1, 0.15) is 34.1 Å². The van der Waals surface area contributed by atoms with Crippen molar-refractivity contribution in [1.82, 2.24) is 0 Å². The lowest BCUT2D eigenvalue weighted by atomic mass is 10.00. The van der Waals surface area contributed by atoms with E-state index in [-0.39, 0.29) is 5.97 Å². The lowest BCUT2D eigenvalue weighted by molar-refractivity contribution is -0.297. The van der Waals surface area contributed by atoms with Crippen molar-refractivity contribution in [2.75, 3.05) is 0 Å². The second kappa shape index (κ2) is 5.82. The summed E-state index contributed by atoms with van der Waals surface area (Å²) in [5.74, 6) is -0.353. The Morgan fingerprint density at radius 1 is 1.44 bits per heavy atom. The minimum atomic E-state index is -0.752. The number of esters is 1. The third-order valence-electron chi connectivity index (χ3n) is 2.09. The zero-order valence-electron chi connectivity index (χ0n) is 10.3. The molecule has 0 aliphatic rings. The molecule has 0 saturated carbocycles. The van der Waals surface area contributed by atoms with E-state index in [1.54, 1.807) is 39.0 Å². The second-order valence-corrected chi connectivity index (χ2v) is 4.41. The predicted molar refractivity (Wildman–Crippen MR) is 61.9 cm³/mol. The van der Waals surface area contributed by atoms with Crippen LogP contribution in [-0.2, 0) is 14.4 Å². The molecule has 0 rings (SSSR count). The van der Waals surface area contributed by atoms with Crippen molar-refractivity contribution < 1.29 is 19.7 Å². The van der Waals surface area contributed by atoms with Crippen molar-refractivity contribution in [3.05, 3.63) is 24.8 Å². The third kappa shape index (κ3) is 5.68. The molecule has 0 bridgehead atoms. The predicted octanol–water partition coefficient (Wildman–Crippen LogP) is 2.71. The Morgan fingerprint density at radius 2 is 2.00 bits per heavy atom. The smallest absolute Gasteiger partial charge is 0.303 e. The van der Waals surface area contributed by atoms with Gasteiger partial charge in [0.15, 0.2) is 0 Å². The third-order valence-corrected chi connectivity index (χ3v) is 2.09. The molecule has 0 aliphatic carbocycles. The lowest BCUT2D eigenvalue weighted by Gasteiger charge is -2.24. The number of carbonyl (C=O) groups is 1. The minimum Gasteiger partial charge on any atom is -0.455 e. The van der Waals surface area contributed by atoms with Crippen LogP contribution in [-0.4, -0.2) is 22.4 Å². The van der Waals surface area contributed by atoms with Crippen molar-refractivity contribution in [3.8, 4) is 0 Å².